The van der Waals surface area contributed by atoms with Crippen LogP contribution in [0.25, 0.3) is 0 Å². The lowest BCUT2D eigenvalue weighted by atomic mass is 10.1. The molecule has 0 aromatic heterocycles. The van der Waals surface area contributed by atoms with Gasteiger partial charge in [-0.25, -0.2) is 0 Å². The monoisotopic (exact) mass is 143 g/mol. The molecular weight excluding hydrogens is 122 g/mol. The van der Waals surface area contributed by atoms with Crippen molar-refractivity contribution in [3.8, 4) is 0 Å². The molecule has 1 aliphatic rings. The van der Waals surface area contributed by atoms with E-state index in [9.17, 15) is 0 Å². The standard InChI is InChI=1S/C9H19N/c1-2-3-7-10-8-5-4-6-9-10/h2-9H2,1H3/i1D2. The van der Waals surface area contributed by atoms with Crippen molar-refractivity contribution in [3.05, 3.63) is 0 Å². The van der Waals surface area contributed by atoms with E-state index in [1.54, 1.807) is 0 Å². The minimum atomic E-state index is -0.616. The Labute approximate surface area is 67.2 Å². The molecule has 0 N–H and O–H groups in total. The molecule has 1 rings (SSSR count). The van der Waals surface area contributed by atoms with Crippen LogP contribution in [0.1, 0.15) is 41.7 Å². The molecule has 0 radical (unpaired) electrons. The highest BCUT2D eigenvalue weighted by Gasteiger charge is 2.07. The predicted octanol–water partition coefficient (Wildman–Crippen LogP) is 2.27. The average Bonchev–Trinajstić information content (AvgIpc) is 2.05. The molecule has 0 aromatic carbocycles. The van der Waals surface area contributed by atoms with Gasteiger partial charge in [0.2, 0.25) is 0 Å². The maximum Gasteiger partial charge on any atom is 0.0230 e. The summed E-state index contributed by atoms with van der Waals surface area (Å²) in [7, 11) is 0. The summed E-state index contributed by atoms with van der Waals surface area (Å²) in [4.78, 5) is 2.46. The molecule has 0 bridgehead atoms. The minimum absolute atomic E-state index is 0.616. The van der Waals surface area contributed by atoms with Gasteiger partial charge in [-0.1, -0.05) is 19.7 Å². The summed E-state index contributed by atoms with van der Waals surface area (Å²) >= 11 is 0. The van der Waals surface area contributed by atoms with Crippen molar-refractivity contribution in [3.63, 3.8) is 0 Å². The van der Waals surface area contributed by atoms with E-state index < -0.39 is 6.88 Å². The molecule has 0 saturated carbocycles. The molecule has 10 heavy (non-hydrogen) atoms. The fourth-order valence-corrected chi connectivity index (χ4v) is 1.50. The van der Waals surface area contributed by atoms with Crippen LogP contribution in [-0.2, 0) is 0 Å². The van der Waals surface area contributed by atoms with Crippen LogP contribution < -0.4 is 0 Å². The van der Waals surface area contributed by atoms with Crippen LogP contribution in [0.15, 0.2) is 0 Å². The number of likely N-dealkylation sites (tertiary alicyclic amines) is 1. The van der Waals surface area contributed by atoms with E-state index in [0.29, 0.717) is 0 Å². The van der Waals surface area contributed by atoms with Crippen molar-refractivity contribution in [2.45, 2.75) is 39.0 Å². The van der Waals surface area contributed by atoms with Gasteiger partial charge in [0.1, 0.15) is 0 Å². The van der Waals surface area contributed by atoms with Crippen LogP contribution in [0.3, 0.4) is 0 Å². The summed E-state index contributed by atoms with van der Waals surface area (Å²) in [6.45, 7) is 2.96. The highest BCUT2D eigenvalue weighted by Crippen LogP contribution is 2.08. The summed E-state index contributed by atoms with van der Waals surface area (Å²) in [5.74, 6) is 0. The van der Waals surface area contributed by atoms with Crippen LogP contribution in [0.5, 0.6) is 0 Å². The van der Waals surface area contributed by atoms with Crippen LogP contribution in [0, 0.1) is 0 Å². The van der Waals surface area contributed by atoms with Crippen molar-refractivity contribution in [2.24, 2.45) is 0 Å². The van der Waals surface area contributed by atoms with Gasteiger partial charge < -0.3 is 4.90 Å². The van der Waals surface area contributed by atoms with Gasteiger partial charge in [0, 0.05) is 2.74 Å². The maximum absolute atomic E-state index is 7.04. The Kier molecular flexibility index (Phi) is 2.64. The normalized spacial score (nSPS) is 24.5. The molecule has 60 valence electrons. The van der Waals surface area contributed by atoms with Crippen LogP contribution in [0.4, 0.5) is 0 Å². The molecule has 1 heteroatoms. The zero-order valence-corrected chi connectivity index (χ0v) is 6.68. The van der Waals surface area contributed by atoms with Crippen molar-refractivity contribution < 1.29 is 2.74 Å². The molecule has 0 spiro atoms. The smallest absolute Gasteiger partial charge is 0.0230 e. The number of hydrogen-bond acceptors (Lipinski definition) is 1. The van der Waals surface area contributed by atoms with E-state index in [1.165, 1.54) is 32.4 Å². The molecular formula is C9H19N. The van der Waals surface area contributed by atoms with Crippen molar-refractivity contribution in [2.75, 3.05) is 19.6 Å². The second kappa shape index (κ2) is 4.73. The summed E-state index contributed by atoms with van der Waals surface area (Å²) < 4.78 is 14.1. The summed E-state index contributed by atoms with van der Waals surface area (Å²) in [6.07, 6.45) is 5.82. The first-order valence-electron chi connectivity index (χ1n) is 5.51. The Morgan fingerprint density at radius 1 is 1.30 bits per heavy atom. The maximum atomic E-state index is 7.04. The second-order valence-corrected chi connectivity index (χ2v) is 3.04. The Morgan fingerprint density at radius 3 is 2.80 bits per heavy atom. The van der Waals surface area contributed by atoms with Gasteiger partial charge in [-0.3, -0.25) is 0 Å². The Hall–Kier alpha value is -0.0400. The third-order valence-corrected chi connectivity index (χ3v) is 2.13. The van der Waals surface area contributed by atoms with Crippen LogP contribution >= 0.6 is 0 Å². The zero-order valence-electron chi connectivity index (χ0n) is 8.68. The van der Waals surface area contributed by atoms with E-state index in [4.69, 9.17) is 2.74 Å². The number of nitrogens with zero attached hydrogens (tertiary/aromatic N) is 1. The Balaban J connectivity index is 1.98. The molecule has 0 unspecified atom stereocenters. The number of hydrogen-bond donors (Lipinski definition) is 0. The second-order valence-electron chi connectivity index (χ2n) is 3.04. The van der Waals surface area contributed by atoms with E-state index >= 15 is 0 Å². The minimum Gasteiger partial charge on any atom is -0.303 e. The molecule has 0 atom stereocenters. The average molecular weight is 143 g/mol. The van der Waals surface area contributed by atoms with E-state index in [2.05, 4.69) is 4.90 Å². The van der Waals surface area contributed by atoms with Gasteiger partial charge in [-0.05, 0) is 38.9 Å². The van der Waals surface area contributed by atoms with Gasteiger partial charge in [-0.15, -0.1) is 0 Å². The summed E-state index contributed by atoms with van der Waals surface area (Å²) in [6, 6.07) is 0. The van der Waals surface area contributed by atoms with E-state index in [-0.39, 0.29) is 0 Å². The lowest BCUT2D eigenvalue weighted by Gasteiger charge is -2.25. The van der Waals surface area contributed by atoms with Crippen molar-refractivity contribution >= 4 is 0 Å². The molecule has 1 nitrogen and oxygen atoms in total. The highest BCUT2D eigenvalue weighted by atomic mass is 15.1. The molecule has 0 amide bonds. The van der Waals surface area contributed by atoms with E-state index in [1.807, 2.05) is 0 Å². The van der Waals surface area contributed by atoms with Gasteiger partial charge in [0.15, 0.2) is 0 Å². The van der Waals surface area contributed by atoms with Crippen LogP contribution in [0.2, 0.25) is 0 Å². The van der Waals surface area contributed by atoms with Gasteiger partial charge in [-0.2, -0.15) is 0 Å². The molecule has 1 saturated heterocycles. The third kappa shape index (κ3) is 2.70. The number of piperidine rings is 1. The third-order valence-electron chi connectivity index (χ3n) is 2.13. The fraction of sp³-hybridized carbons (Fsp3) is 1.00. The predicted molar refractivity (Wildman–Crippen MR) is 45.2 cm³/mol. The fourth-order valence-electron chi connectivity index (χ4n) is 1.50. The molecule has 1 heterocycles. The van der Waals surface area contributed by atoms with Gasteiger partial charge in [0.25, 0.3) is 0 Å². The molecule has 0 aliphatic carbocycles. The largest absolute Gasteiger partial charge is 0.303 e. The van der Waals surface area contributed by atoms with Crippen molar-refractivity contribution in [1.82, 2.24) is 4.90 Å². The molecule has 1 aliphatic heterocycles. The van der Waals surface area contributed by atoms with Crippen molar-refractivity contribution in [1.29, 1.82) is 0 Å². The SMILES string of the molecule is [2H]C([2H])CCCN1CCCCC1. The van der Waals surface area contributed by atoms with Gasteiger partial charge >= 0.3 is 0 Å². The lowest BCUT2D eigenvalue weighted by Crippen LogP contribution is -2.30. The first-order valence-corrected chi connectivity index (χ1v) is 4.36. The lowest BCUT2D eigenvalue weighted by molar-refractivity contribution is 0.226. The molecule has 1 fully saturated rings. The summed E-state index contributed by atoms with van der Waals surface area (Å²) in [5, 5.41) is 0. The van der Waals surface area contributed by atoms with E-state index in [0.717, 1.165) is 19.4 Å². The summed E-state index contributed by atoms with van der Waals surface area (Å²) in [5.41, 5.74) is 0. The first kappa shape index (κ1) is 5.59. The number of rotatable bonds is 3. The Bertz CT molecular complexity index is 111. The molecule has 0 aromatic rings. The van der Waals surface area contributed by atoms with Gasteiger partial charge in [0.05, 0.1) is 0 Å². The Morgan fingerprint density at radius 2 is 2.10 bits per heavy atom. The quantitative estimate of drug-likeness (QED) is 0.586. The topological polar surface area (TPSA) is 3.24 Å². The van der Waals surface area contributed by atoms with Crippen LogP contribution in [-0.4, -0.2) is 24.5 Å². The first-order chi connectivity index (χ1) is 5.79. The highest BCUT2D eigenvalue weighted by molar-refractivity contribution is 4.63. The zero-order chi connectivity index (χ0) is 8.81.